The van der Waals surface area contributed by atoms with Gasteiger partial charge in [0, 0.05) is 22.8 Å². The molecule has 22 heavy (non-hydrogen) atoms. The molecule has 2 rings (SSSR count). The fraction of sp³-hybridized carbons (Fsp3) is 0.267. The Kier molecular flexibility index (Phi) is 5.42. The van der Waals surface area contributed by atoms with Crippen LogP contribution in [0.2, 0.25) is 0 Å². The van der Waals surface area contributed by atoms with Crippen LogP contribution >= 0.6 is 15.9 Å². The van der Waals surface area contributed by atoms with E-state index in [0.717, 1.165) is 10.7 Å². The van der Waals surface area contributed by atoms with Crippen molar-refractivity contribution in [2.24, 2.45) is 0 Å². The van der Waals surface area contributed by atoms with Crippen LogP contribution in [0.4, 0.5) is 13.2 Å². The van der Waals surface area contributed by atoms with Crippen molar-refractivity contribution in [1.29, 1.82) is 0 Å². The van der Waals surface area contributed by atoms with Gasteiger partial charge < -0.3 is 9.84 Å². The first-order valence-electron chi connectivity index (χ1n) is 6.45. The highest BCUT2D eigenvalue weighted by molar-refractivity contribution is 9.10. The van der Waals surface area contributed by atoms with E-state index in [1.807, 2.05) is 0 Å². The molecule has 0 spiro atoms. The van der Waals surface area contributed by atoms with Crippen LogP contribution in [0.3, 0.4) is 0 Å². The quantitative estimate of drug-likeness (QED) is 0.859. The molecule has 0 fully saturated rings. The third-order valence-corrected chi connectivity index (χ3v) is 3.44. The van der Waals surface area contributed by atoms with Crippen molar-refractivity contribution in [1.82, 2.24) is 4.98 Å². The molecule has 0 saturated carbocycles. The zero-order chi connectivity index (χ0) is 16.2. The maximum atomic E-state index is 12.9. The van der Waals surface area contributed by atoms with Crippen molar-refractivity contribution in [3.63, 3.8) is 0 Å². The van der Waals surface area contributed by atoms with Gasteiger partial charge in [-0.05, 0) is 36.2 Å². The summed E-state index contributed by atoms with van der Waals surface area (Å²) in [4.78, 5) is 3.38. The van der Waals surface area contributed by atoms with Crippen LogP contribution in [-0.4, -0.2) is 16.7 Å². The number of aliphatic hydroxyl groups is 1. The lowest BCUT2D eigenvalue weighted by atomic mass is 10.1. The second-order valence-corrected chi connectivity index (χ2v) is 5.44. The Balaban J connectivity index is 2.21. The molecular weight excluding hydrogens is 363 g/mol. The van der Waals surface area contributed by atoms with Crippen LogP contribution < -0.4 is 4.74 Å². The Bertz CT molecular complexity index is 647. The van der Waals surface area contributed by atoms with Crippen molar-refractivity contribution in [2.45, 2.75) is 19.2 Å². The molecule has 0 aliphatic rings. The van der Waals surface area contributed by atoms with Gasteiger partial charge in [0.15, 0.2) is 5.69 Å². The normalized spacial score (nSPS) is 11.5. The molecule has 0 bridgehead atoms. The van der Waals surface area contributed by atoms with E-state index in [0.29, 0.717) is 17.7 Å². The summed E-state index contributed by atoms with van der Waals surface area (Å²) in [5.41, 5.74) is -0.266. The van der Waals surface area contributed by atoms with E-state index >= 15 is 0 Å². The predicted molar refractivity (Wildman–Crippen MR) is 78.5 cm³/mol. The van der Waals surface area contributed by atoms with Gasteiger partial charge in [-0.3, -0.25) is 4.98 Å². The summed E-state index contributed by atoms with van der Waals surface area (Å²) < 4.78 is 44.9. The number of aromatic nitrogens is 1. The number of hydrogen-bond donors (Lipinski definition) is 1. The highest BCUT2D eigenvalue weighted by Crippen LogP contribution is 2.31. The Morgan fingerprint density at radius 2 is 1.95 bits per heavy atom. The lowest BCUT2D eigenvalue weighted by Crippen LogP contribution is -2.13. The average Bonchev–Trinajstić information content (AvgIpc) is 2.46. The highest BCUT2D eigenvalue weighted by Gasteiger charge is 2.35. The SMILES string of the molecule is OCCc1cc(Br)ccc1OCc1cccnc1C(F)(F)F. The molecule has 0 radical (unpaired) electrons. The van der Waals surface area contributed by atoms with E-state index in [4.69, 9.17) is 9.84 Å². The van der Waals surface area contributed by atoms with E-state index in [1.165, 1.54) is 12.1 Å². The zero-order valence-electron chi connectivity index (χ0n) is 11.4. The summed E-state index contributed by atoms with van der Waals surface area (Å²) >= 11 is 3.30. The molecule has 0 unspecified atom stereocenters. The summed E-state index contributed by atoms with van der Waals surface area (Å²) in [6.07, 6.45) is -3.06. The highest BCUT2D eigenvalue weighted by atomic mass is 79.9. The topological polar surface area (TPSA) is 42.4 Å². The number of aliphatic hydroxyl groups excluding tert-OH is 1. The largest absolute Gasteiger partial charge is 0.489 e. The lowest BCUT2D eigenvalue weighted by molar-refractivity contribution is -0.142. The summed E-state index contributed by atoms with van der Waals surface area (Å²) in [5.74, 6) is 0.439. The third kappa shape index (κ3) is 4.20. The number of rotatable bonds is 5. The number of benzene rings is 1. The monoisotopic (exact) mass is 375 g/mol. The van der Waals surface area contributed by atoms with Crippen LogP contribution in [0.25, 0.3) is 0 Å². The molecule has 0 atom stereocenters. The molecular formula is C15H13BrF3NO2. The van der Waals surface area contributed by atoms with E-state index in [9.17, 15) is 13.2 Å². The molecule has 0 aliphatic heterocycles. The molecule has 1 N–H and O–H groups in total. The molecule has 0 aliphatic carbocycles. The van der Waals surface area contributed by atoms with Gasteiger partial charge in [0.1, 0.15) is 12.4 Å². The van der Waals surface area contributed by atoms with E-state index in [-0.39, 0.29) is 18.8 Å². The van der Waals surface area contributed by atoms with E-state index in [1.54, 1.807) is 18.2 Å². The Hall–Kier alpha value is -1.60. The second-order valence-electron chi connectivity index (χ2n) is 4.52. The smallest absolute Gasteiger partial charge is 0.433 e. The maximum Gasteiger partial charge on any atom is 0.433 e. The first-order valence-corrected chi connectivity index (χ1v) is 7.24. The Labute approximate surface area is 133 Å². The molecule has 1 aromatic heterocycles. The molecule has 7 heteroatoms. The second kappa shape index (κ2) is 7.11. The van der Waals surface area contributed by atoms with E-state index in [2.05, 4.69) is 20.9 Å². The minimum atomic E-state index is -4.52. The fourth-order valence-electron chi connectivity index (χ4n) is 1.97. The van der Waals surface area contributed by atoms with Crippen LogP contribution in [0.15, 0.2) is 41.0 Å². The average molecular weight is 376 g/mol. The van der Waals surface area contributed by atoms with E-state index < -0.39 is 11.9 Å². The summed E-state index contributed by atoms with van der Waals surface area (Å²) in [6.45, 7) is -0.323. The number of nitrogens with zero attached hydrogens (tertiary/aromatic N) is 1. The van der Waals surface area contributed by atoms with Gasteiger partial charge in [-0.25, -0.2) is 0 Å². The van der Waals surface area contributed by atoms with Gasteiger partial charge in [0.25, 0.3) is 0 Å². The zero-order valence-corrected chi connectivity index (χ0v) is 13.0. The van der Waals surface area contributed by atoms with Gasteiger partial charge in [-0.15, -0.1) is 0 Å². The molecule has 1 heterocycles. The Morgan fingerprint density at radius 1 is 1.18 bits per heavy atom. The lowest BCUT2D eigenvalue weighted by Gasteiger charge is -2.14. The molecule has 118 valence electrons. The first kappa shape index (κ1) is 16.8. The minimum absolute atomic E-state index is 0.0344. The number of halogens is 4. The van der Waals surface area contributed by atoms with Crippen molar-refractivity contribution >= 4 is 15.9 Å². The maximum absolute atomic E-state index is 12.9. The molecule has 1 aromatic carbocycles. The summed E-state index contributed by atoms with van der Waals surface area (Å²) in [5, 5.41) is 9.04. The first-order chi connectivity index (χ1) is 10.4. The van der Waals surface area contributed by atoms with Crippen LogP contribution in [-0.2, 0) is 19.2 Å². The number of hydrogen-bond acceptors (Lipinski definition) is 3. The fourth-order valence-corrected chi connectivity index (χ4v) is 2.38. The van der Waals surface area contributed by atoms with Gasteiger partial charge in [-0.1, -0.05) is 22.0 Å². The molecule has 3 nitrogen and oxygen atoms in total. The third-order valence-electron chi connectivity index (χ3n) is 2.95. The van der Waals surface area contributed by atoms with Gasteiger partial charge in [0.05, 0.1) is 0 Å². The Morgan fingerprint density at radius 3 is 2.64 bits per heavy atom. The molecule has 0 saturated heterocycles. The molecule has 0 amide bonds. The number of ether oxygens (including phenoxy) is 1. The van der Waals surface area contributed by atoms with Gasteiger partial charge in [0.2, 0.25) is 0 Å². The van der Waals surface area contributed by atoms with Crippen LogP contribution in [0.1, 0.15) is 16.8 Å². The predicted octanol–water partition coefficient (Wildman–Crippen LogP) is 3.98. The van der Waals surface area contributed by atoms with Gasteiger partial charge >= 0.3 is 6.18 Å². The van der Waals surface area contributed by atoms with Crippen molar-refractivity contribution in [3.8, 4) is 5.75 Å². The standard InChI is InChI=1S/C15H13BrF3NO2/c16-12-3-4-13(10(8-12)5-7-21)22-9-11-2-1-6-20-14(11)15(17,18)19/h1-4,6,8,21H,5,7,9H2. The van der Waals surface area contributed by atoms with Gasteiger partial charge in [-0.2, -0.15) is 13.2 Å². The van der Waals surface area contributed by atoms with Crippen molar-refractivity contribution < 1.29 is 23.0 Å². The summed E-state index contributed by atoms with van der Waals surface area (Å²) in [6, 6.07) is 7.91. The summed E-state index contributed by atoms with van der Waals surface area (Å²) in [7, 11) is 0. The van der Waals surface area contributed by atoms with Crippen LogP contribution in [0.5, 0.6) is 5.75 Å². The number of pyridine rings is 1. The van der Waals surface area contributed by atoms with Crippen molar-refractivity contribution in [3.05, 3.63) is 57.8 Å². The van der Waals surface area contributed by atoms with Crippen molar-refractivity contribution in [2.75, 3.05) is 6.61 Å². The van der Waals surface area contributed by atoms with Crippen LogP contribution in [0, 0.1) is 0 Å². The number of alkyl halides is 3. The minimum Gasteiger partial charge on any atom is -0.489 e. The molecule has 2 aromatic rings.